The van der Waals surface area contributed by atoms with Gasteiger partial charge in [-0.05, 0) is 38.7 Å². The Morgan fingerprint density at radius 2 is 1.97 bits per heavy atom. The third-order valence-electron chi connectivity index (χ3n) is 5.39. The quantitative estimate of drug-likeness (QED) is 0.298. The predicted octanol–water partition coefficient (Wildman–Crippen LogP) is 1.56. The van der Waals surface area contributed by atoms with E-state index in [1.165, 1.54) is 13.0 Å². The van der Waals surface area contributed by atoms with Gasteiger partial charge in [-0.3, -0.25) is 9.59 Å². The topological polar surface area (TPSA) is 125 Å². The predicted molar refractivity (Wildman–Crippen MR) is 105 cm³/mol. The molecule has 31 heavy (non-hydrogen) atoms. The zero-order valence-electron chi connectivity index (χ0n) is 17.7. The molecule has 0 spiro atoms. The summed E-state index contributed by atoms with van der Waals surface area (Å²) >= 11 is 0. The van der Waals surface area contributed by atoms with Gasteiger partial charge in [0.05, 0.1) is 7.11 Å². The van der Waals surface area contributed by atoms with Crippen molar-refractivity contribution in [1.82, 2.24) is 0 Å². The van der Waals surface area contributed by atoms with Crippen molar-refractivity contribution in [3.8, 4) is 0 Å². The minimum atomic E-state index is -2.56. The molecule has 0 aromatic rings. The van der Waals surface area contributed by atoms with Gasteiger partial charge in [0.25, 0.3) is 6.29 Å². The van der Waals surface area contributed by atoms with E-state index in [0.717, 1.165) is 32.3 Å². The van der Waals surface area contributed by atoms with Crippen LogP contribution in [0.5, 0.6) is 0 Å². The molecule has 2 aliphatic carbocycles. The molecule has 3 aliphatic rings. The molecular weight excluding hydrogens is 408 g/mol. The standard InChI is InChI=1S/C22H24O9/c1-11-6-5-7-14-15(8-11)18(24)22(27,19(14)30-13(3)23)16(21(26)28-4)10-29-17-9-12(2)20(25)31-17/h8-10,17,19,27H,5-7H2,1-4H3/b16-10-/t17-,19?,22?/m1/s1. The second kappa shape index (κ2) is 8.50. The lowest BCUT2D eigenvalue weighted by atomic mass is 9.85. The summed E-state index contributed by atoms with van der Waals surface area (Å²) in [5.74, 6) is -3.19. The van der Waals surface area contributed by atoms with Gasteiger partial charge in [-0.2, -0.15) is 0 Å². The summed E-state index contributed by atoms with van der Waals surface area (Å²) in [6, 6.07) is 0. The van der Waals surface area contributed by atoms with Gasteiger partial charge in [-0.1, -0.05) is 11.6 Å². The smallest absolute Gasteiger partial charge is 0.340 e. The van der Waals surface area contributed by atoms with Crippen LogP contribution in [0, 0.1) is 0 Å². The van der Waals surface area contributed by atoms with Crippen LogP contribution in [0.1, 0.15) is 40.0 Å². The first-order valence-electron chi connectivity index (χ1n) is 9.78. The van der Waals surface area contributed by atoms with Crippen LogP contribution in [0.15, 0.2) is 46.3 Å². The molecule has 0 fully saturated rings. The largest absolute Gasteiger partial charge is 0.465 e. The average molecular weight is 432 g/mol. The van der Waals surface area contributed by atoms with Gasteiger partial charge in [0.15, 0.2) is 6.10 Å². The van der Waals surface area contributed by atoms with E-state index in [-0.39, 0.29) is 5.57 Å². The molecule has 0 saturated heterocycles. The molecule has 0 aromatic carbocycles. The number of hydrogen-bond donors (Lipinski definition) is 1. The van der Waals surface area contributed by atoms with E-state index < -0.39 is 47.3 Å². The molecule has 0 saturated carbocycles. The summed E-state index contributed by atoms with van der Waals surface area (Å²) in [7, 11) is 1.07. The first-order valence-corrected chi connectivity index (χ1v) is 9.78. The number of ether oxygens (including phenoxy) is 4. The molecular formula is C22H24O9. The molecule has 1 aliphatic heterocycles. The van der Waals surface area contributed by atoms with Crippen molar-refractivity contribution in [3.63, 3.8) is 0 Å². The Balaban J connectivity index is 2.07. The maximum absolute atomic E-state index is 13.4. The van der Waals surface area contributed by atoms with Crippen LogP contribution in [-0.4, -0.2) is 53.9 Å². The van der Waals surface area contributed by atoms with Crippen LogP contribution in [0.3, 0.4) is 0 Å². The van der Waals surface area contributed by atoms with E-state index in [1.54, 1.807) is 6.08 Å². The van der Waals surface area contributed by atoms with Crippen molar-refractivity contribution in [2.75, 3.05) is 7.11 Å². The van der Waals surface area contributed by atoms with Crippen molar-refractivity contribution < 1.29 is 43.2 Å². The number of ketones is 1. The molecule has 9 heteroatoms. The van der Waals surface area contributed by atoms with Gasteiger partial charge in [-0.25, -0.2) is 9.59 Å². The number of methoxy groups -OCH3 is 1. The van der Waals surface area contributed by atoms with Crippen LogP contribution in [-0.2, 0) is 38.1 Å². The van der Waals surface area contributed by atoms with E-state index in [0.29, 0.717) is 24.0 Å². The highest BCUT2D eigenvalue weighted by molar-refractivity contribution is 6.15. The number of hydrogen-bond acceptors (Lipinski definition) is 9. The summed E-state index contributed by atoms with van der Waals surface area (Å²) in [5.41, 5.74) is -1.28. The van der Waals surface area contributed by atoms with E-state index >= 15 is 0 Å². The second-order valence-electron chi connectivity index (χ2n) is 7.65. The maximum Gasteiger partial charge on any atom is 0.340 e. The Morgan fingerprint density at radius 1 is 1.26 bits per heavy atom. The molecule has 9 nitrogen and oxygen atoms in total. The van der Waals surface area contributed by atoms with Gasteiger partial charge < -0.3 is 24.1 Å². The van der Waals surface area contributed by atoms with Crippen molar-refractivity contribution >= 4 is 23.7 Å². The monoisotopic (exact) mass is 432 g/mol. The van der Waals surface area contributed by atoms with Crippen molar-refractivity contribution in [2.24, 2.45) is 0 Å². The number of Topliss-reactive ketones (excluding diaryl/α,β-unsaturated/α-hetero) is 1. The fraction of sp³-hybridized carbons (Fsp3) is 0.455. The van der Waals surface area contributed by atoms with E-state index in [2.05, 4.69) is 0 Å². The van der Waals surface area contributed by atoms with Crippen LogP contribution in [0.2, 0.25) is 0 Å². The number of aliphatic hydroxyl groups is 1. The Labute approximate surface area is 179 Å². The molecule has 1 heterocycles. The lowest BCUT2D eigenvalue weighted by Crippen LogP contribution is -2.51. The zero-order valence-corrected chi connectivity index (χ0v) is 17.7. The van der Waals surface area contributed by atoms with Crippen LogP contribution in [0.4, 0.5) is 0 Å². The summed E-state index contributed by atoms with van der Waals surface area (Å²) in [4.78, 5) is 49.3. The minimum Gasteiger partial charge on any atom is -0.465 e. The average Bonchev–Trinajstić information content (AvgIpc) is 3.02. The van der Waals surface area contributed by atoms with E-state index in [1.807, 2.05) is 6.92 Å². The molecule has 0 aromatic heterocycles. The highest BCUT2D eigenvalue weighted by Gasteiger charge is 2.60. The van der Waals surface area contributed by atoms with E-state index in [9.17, 15) is 24.3 Å². The number of allylic oxidation sites excluding steroid dienone is 2. The zero-order chi connectivity index (χ0) is 22.9. The Morgan fingerprint density at radius 3 is 2.55 bits per heavy atom. The molecule has 1 N–H and O–H groups in total. The molecule has 2 unspecified atom stereocenters. The molecule has 3 rings (SSSR count). The summed E-state index contributed by atoms with van der Waals surface area (Å²) in [6.07, 6.45) is 3.07. The van der Waals surface area contributed by atoms with Gasteiger partial charge in [0, 0.05) is 24.1 Å². The molecule has 0 bridgehead atoms. The maximum atomic E-state index is 13.4. The molecule has 3 atom stereocenters. The van der Waals surface area contributed by atoms with Crippen molar-refractivity contribution in [2.45, 2.75) is 58.0 Å². The summed E-state index contributed by atoms with van der Waals surface area (Å²) in [6.45, 7) is 4.52. The van der Waals surface area contributed by atoms with Gasteiger partial charge in [-0.15, -0.1) is 0 Å². The van der Waals surface area contributed by atoms with Gasteiger partial charge in [0.1, 0.15) is 11.8 Å². The van der Waals surface area contributed by atoms with Crippen molar-refractivity contribution in [1.29, 1.82) is 0 Å². The highest BCUT2D eigenvalue weighted by atomic mass is 16.7. The normalized spacial score (nSPS) is 28.4. The Kier molecular flexibility index (Phi) is 6.17. The number of carbonyl (C=O) groups excluding carboxylic acids is 4. The number of rotatable bonds is 5. The Bertz CT molecular complexity index is 965. The highest BCUT2D eigenvalue weighted by Crippen LogP contribution is 2.44. The molecule has 166 valence electrons. The van der Waals surface area contributed by atoms with Crippen LogP contribution >= 0.6 is 0 Å². The Hall–Kier alpha value is -3.20. The fourth-order valence-electron chi connectivity index (χ4n) is 3.86. The number of carbonyl (C=O) groups is 4. The van der Waals surface area contributed by atoms with Gasteiger partial charge in [0.2, 0.25) is 11.4 Å². The second-order valence-corrected chi connectivity index (χ2v) is 7.65. The van der Waals surface area contributed by atoms with Crippen LogP contribution < -0.4 is 0 Å². The molecule has 0 amide bonds. The first kappa shape index (κ1) is 22.5. The minimum absolute atomic E-state index is 0.196. The lowest BCUT2D eigenvalue weighted by molar-refractivity contribution is -0.162. The third-order valence-corrected chi connectivity index (χ3v) is 5.39. The summed E-state index contributed by atoms with van der Waals surface area (Å²) < 4.78 is 20.4. The first-order chi connectivity index (χ1) is 14.6. The summed E-state index contributed by atoms with van der Waals surface area (Å²) in [5, 5.41) is 11.5. The van der Waals surface area contributed by atoms with Crippen LogP contribution in [0.25, 0.3) is 0 Å². The number of cyclic esters (lactones) is 1. The lowest BCUT2D eigenvalue weighted by Gasteiger charge is -2.31. The SMILES string of the molecule is COC(=O)/C(=C/O[C@H]1C=C(C)C(=O)O1)C1(O)C(=O)C2=C(CCCC(C)=C2)C1OC(C)=O. The van der Waals surface area contributed by atoms with Gasteiger partial charge >= 0.3 is 17.9 Å². The fourth-order valence-corrected chi connectivity index (χ4v) is 3.86. The third kappa shape index (κ3) is 4.05. The molecule has 0 radical (unpaired) electrons. The number of esters is 3. The van der Waals surface area contributed by atoms with Crippen molar-refractivity contribution in [3.05, 3.63) is 46.3 Å². The van der Waals surface area contributed by atoms with E-state index in [4.69, 9.17) is 18.9 Å².